The summed E-state index contributed by atoms with van der Waals surface area (Å²) >= 11 is 6.22. The molecule has 0 fully saturated rings. The van der Waals surface area contributed by atoms with Crippen LogP contribution in [0.15, 0.2) is 138 Å². The molecule has 3 heterocycles. The van der Waals surface area contributed by atoms with Crippen molar-refractivity contribution in [3.8, 4) is 33.5 Å². The molecular formula is C45H37N3PtS. The summed E-state index contributed by atoms with van der Waals surface area (Å²) in [6.07, 6.45) is 1.69. The first-order valence-electron chi connectivity index (χ1n) is 17.2. The van der Waals surface area contributed by atoms with Gasteiger partial charge in [0.1, 0.15) is 5.82 Å². The molecule has 0 N–H and O–H groups in total. The Morgan fingerprint density at radius 3 is 2.22 bits per heavy atom. The van der Waals surface area contributed by atoms with E-state index in [-0.39, 0.29) is 31.9 Å². The van der Waals surface area contributed by atoms with Gasteiger partial charge in [0.2, 0.25) is 0 Å². The van der Waals surface area contributed by atoms with Crippen molar-refractivity contribution < 1.29 is 22.4 Å². The summed E-state index contributed by atoms with van der Waals surface area (Å²) < 4.78 is 8.37. The summed E-state index contributed by atoms with van der Waals surface area (Å²) in [6, 6.07) is 46.1. The molecule has 1 aliphatic rings. The van der Waals surface area contributed by atoms with Crippen LogP contribution in [-0.4, -0.2) is 9.97 Å². The number of aromatic nitrogens is 2. The van der Waals surface area contributed by atoms with Gasteiger partial charge < -0.3 is 17.5 Å². The van der Waals surface area contributed by atoms with Crippen molar-refractivity contribution in [1.29, 1.82) is 0 Å². The first kappa shape index (κ1) is 32.6. The maximum Gasteiger partial charge on any atom is 2.00 e. The Morgan fingerprint density at radius 1 is 0.760 bits per heavy atom. The van der Waals surface area contributed by atoms with Crippen LogP contribution in [0.3, 0.4) is 0 Å². The fraction of sp³-hybridized carbons (Fsp3) is 0.156. The minimum Gasteiger partial charge on any atom is -0.777 e. The van der Waals surface area contributed by atoms with Crippen LogP contribution < -0.4 is 4.90 Å². The van der Waals surface area contributed by atoms with Gasteiger partial charge in [0, 0.05) is 22.8 Å². The summed E-state index contributed by atoms with van der Waals surface area (Å²) in [5.74, 6) is 0.684. The molecule has 1 aliphatic heterocycles. The summed E-state index contributed by atoms with van der Waals surface area (Å²) in [5.41, 5.74) is 12.1. The molecule has 0 amide bonds. The molecule has 5 aromatic carbocycles. The van der Waals surface area contributed by atoms with Crippen LogP contribution in [0.1, 0.15) is 52.7 Å². The molecule has 7 aromatic rings. The van der Waals surface area contributed by atoms with E-state index >= 15 is 0 Å². The Balaban J connectivity index is 0.00000406. The molecule has 0 saturated heterocycles. The molecule has 5 heteroatoms. The Bertz CT molecular complexity index is 2420. The van der Waals surface area contributed by atoms with E-state index < -0.39 is 0 Å². The van der Waals surface area contributed by atoms with Crippen molar-refractivity contribution in [1.82, 2.24) is 9.97 Å². The van der Waals surface area contributed by atoms with E-state index in [9.17, 15) is 0 Å². The molecule has 0 aliphatic carbocycles. The predicted octanol–water partition coefficient (Wildman–Crippen LogP) is 11.7. The molecule has 0 saturated carbocycles. The SMILES string of the molecule is [2H]c1ccnc(N2c3[c-]c(-c4ccc5c(-c6ccc(C(C)(C)C)cc6)cc(-c6ccccc6)c([S-])c5n4)ccc3C(C)(C)c3ccccc32)c1.[Pt+2]. The summed E-state index contributed by atoms with van der Waals surface area (Å²) in [7, 11) is 0. The number of rotatable bonds is 4. The molecule has 50 heavy (non-hydrogen) atoms. The van der Waals surface area contributed by atoms with E-state index in [2.05, 4.69) is 149 Å². The number of para-hydroxylation sites is 1. The van der Waals surface area contributed by atoms with Crippen molar-refractivity contribution in [3.63, 3.8) is 0 Å². The van der Waals surface area contributed by atoms with Gasteiger partial charge in [0.25, 0.3) is 0 Å². The number of fused-ring (bicyclic) bond motifs is 3. The minimum atomic E-state index is -0.275. The molecule has 0 bridgehead atoms. The number of hydrogen-bond donors (Lipinski definition) is 0. The molecule has 3 nitrogen and oxygen atoms in total. The van der Waals surface area contributed by atoms with Gasteiger partial charge in [-0.3, -0.25) is 4.98 Å². The van der Waals surface area contributed by atoms with E-state index in [0.717, 1.165) is 66.2 Å². The zero-order chi connectivity index (χ0) is 34.8. The second kappa shape index (κ2) is 12.9. The van der Waals surface area contributed by atoms with Crippen molar-refractivity contribution in [3.05, 3.63) is 156 Å². The number of benzene rings is 5. The third kappa shape index (κ3) is 5.75. The topological polar surface area (TPSA) is 29.0 Å². The molecule has 0 atom stereocenters. The second-order valence-corrected chi connectivity index (χ2v) is 14.7. The quantitative estimate of drug-likeness (QED) is 0.130. The van der Waals surface area contributed by atoms with Gasteiger partial charge in [-0.25, -0.2) is 4.98 Å². The van der Waals surface area contributed by atoms with Crippen LogP contribution in [0.4, 0.5) is 17.2 Å². The van der Waals surface area contributed by atoms with Gasteiger partial charge in [-0.15, -0.1) is 28.7 Å². The van der Waals surface area contributed by atoms with Gasteiger partial charge in [0.05, 0.1) is 1.37 Å². The zero-order valence-electron chi connectivity index (χ0n) is 29.7. The van der Waals surface area contributed by atoms with Gasteiger partial charge in [-0.05, 0) is 79.9 Å². The number of nitrogens with zero attached hydrogens (tertiary/aromatic N) is 3. The van der Waals surface area contributed by atoms with Crippen LogP contribution in [0, 0.1) is 6.07 Å². The normalized spacial score (nSPS) is 13.6. The fourth-order valence-corrected chi connectivity index (χ4v) is 7.42. The molecule has 2 aromatic heterocycles. The van der Waals surface area contributed by atoms with E-state index in [1.54, 1.807) is 18.3 Å². The van der Waals surface area contributed by atoms with Crippen molar-refractivity contribution >= 4 is 40.7 Å². The van der Waals surface area contributed by atoms with E-state index in [4.69, 9.17) is 24.0 Å². The Labute approximate surface area is 316 Å². The number of anilines is 3. The van der Waals surface area contributed by atoms with E-state index in [1.807, 2.05) is 6.07 Å². The summed E-state index contributed by atoms with van der Waals surface area (Å²) in [5, 5.41) is 1.02. The maximum atomic E-state index is 8.37. The Kier molecular flexibility index (Phi) is 8.41. The van der Waals surface area contributed by atoms with Crippen LogP contribution in [-0.2, 0) is 44.5 Å². The first-order valence-corrected chi connectivity index (χ1v) is 17.1. The number of hydrogen-bond acceptors (Lipinski definition) is 4. The maximum absolute atomic E-state index is 8.37. The minimum absolute atomic E-state index is 0. The third-order valence-electron chi connectivity index (χ3n) is 9.82. The van der Waals surface area contributed by atoms with E-state index in [1.165, 1.54) is 11.1 Å². The van der Waals surface area contributed by atoms with Gasteiger partial charge in [-0.2, -0.15) is 0 Å². The first-order chi connectivity index (χ1) is 24.0. The second-order valence-electron chi connectivity index (χ2n) is 14.3. The van der Waals surface area contributed by atoms with Gasteiger partial charge >= 0.3 is 21.1 Å². The van der Waals surface area contributed by atoms with Crippen LogP contribution in [0.5, 0.6) is 0 Å². The predicted molar refractivity (Wildman–Crippen MR) is 206 cm³/mol. The van der Waals surface area contributed by atoms with Crippen LogP contribution >= 0.6 is 0 Å². The molecule has 8 rings (SSSR count). The van der Waals surface area contributed by atoms with Crippen molar-refractivity contribution in [2.24, 2.45) is 0 Å². The molecule has 0 radical (unpaired) electrons. The average molecular weight is 848 g/mol. The van der Waals surface area contributed by atoms with Crippen LogP contribution in [0.25, 0.3) is 44.4 Å². The van der Waals surface area contributed by atoms with Gasteiger partial charge in [-0.1, -0.05) is 131 Å². The smallest absolute Gasteiger partial charge is 0.777 e. The average Bonchev–Trinajstić information content (AvgIpc) is 3.12. The molecule has 0 unspecified atom stereocenters. The standard InChI is InChI=1S/C45H38N3S.Pt/c1-44(2,3)32-21-18-30(19-22-32)34-28-35(29-13-7-6-8-14-29)43(49)42-33(34)23-25-38(47-42)31-20-24-37-40(27-31)48(41-17-11-12-26-46-41)39-16-10-9-15-36(39)45(37,4)5;/h6-26,28,49H,1-5H3;/q-1;+2/p-1/i11D;. The number of pyridine rings is 2. The molecular weight excluding hydrogens is 810 g/mol. The fourth-order valence-electron chi connectivity index (χ4n) is 7.09. The van der Waals surface area contributed by atoms with Crippen molar-refractivity contribution in [2.45, 2.75) is 50.3 Å². The zero-order valence-corrected chi connectivity index (χ0v) is 31.8. The largest absolute Gasteiger partial charge is 2.00 e. The summed E-state index contributed by atoms with van der Waals surface area (Å²) in [4.78, 5) is 12.9. The third-order valence-corrected chi connectivity index (χ3v) is 10.2. The molecule has 248 valence electrons. The van der Waals surface area contributed by atoms with Gasteiger partial charge in [0.15, 0.2) is 0 Å². The van der Waals surface area contributed by atoms with Crippen molar-refractivity contribution in [2.75, 3.05) is 4.90 Å². The molecule has 0 spiro atoms. The van der Waals surface area contributed by atoms with E-state index in [0.29, 0.717) is 11.9 Å². The van der Waals surface area contributed by atoms with Crippen LogP contribution in [0.2, 0.25) is 0 Å². The monoisotopic (exact) mass is 847 g/mol. The summed E-state index contributed by atoms with van der Waals surface area (Å²) in [6.45, 7) is 11.2. The Morgan fingerprint density at radius 2 is 1.48 bits per heavy atom. The Hall–Kier alpha value is -4.63.